The zero-order valence-corrected chi connectivity index (χ0v) is 44.5. The van der Waals surface area contributed by atoms with Crippen LogP contribution in [0.2, 0.25) is 0 Å². The zero-order valence-electron chi connectivity index (χ0n) is 44.5. The van der Waals surface area contributed by atoms with Gasteiger partial charge in [0.05, 0.1) is 6.61 Å². The fraction of sp³-hybridized carbons (Fsp3) is 0.836. The van der Waals surface area contributed by atoms with Gasteiger partial charge in [0.25, 0.3) is 0 Å². The van der Waals surface area contributed by atoms with Crippen LogP contribution in [0.4, 0.5) is 0 Å². The molecule has 5 heteroatoms. The molecule has 0 aromatic heterocycles. The lowest BCUT2D eigenvalue weighted by molar-refractivity contribution is -0.163. The summed E-state index contributed by atoms with van der Waals surface area (Å²) in [5.74, 6) is -0.391. The molecule has 0 bridgehead atoms. The molecular weight excluding hydrogens is 813 g/mol. The average molecular weight is 926 g/mol. The number of hydrogen-bond donors (Lipinski definition) is 0. The number of hydrogen-bond acceptors (Lipinski definition) is 5. The molecule has 0 aliphatic carbocycles. The first-order chi connectivity index (χ1) is 32.6. The Hall–Kier alpha value is -2.14. The second-order valence-corrected chi connectivity index (χ2v) is 19.5. The van der Waals surface area contributed by atoms with Crippen molar-refractivity contribution in [2.45, 2.75) is 309 Å². The molecule has 0 radical (unpaired) electrons. The Kier molecular flexibility index (Phi) is 55.3. The highest BCUT2D eigenvalue weighted by Gasteiger charge is 2.17. The van der Waals surface area contributed by atoms with E-state index in [4.69, 9.17) is 14.2 Å². The number of ether oxygens (including phenoxy) is 3. The van der Waals surface area contributed by atoms with Crippen LogP contribution in [0.25, 0.3) is 0 Å². The lowest BCUT2D eigenvalue weighted by atomic mass is 10.1. The minimum absolute atomic E-state index is 0.0851. The second kappa shape index (κ2) is 57.2. The van der Waals surface area contributed by atoms with E-state index in [1.165, 1.54) is 225 Å². The quantitative estimate of drug-likeness (QED) is 0.0345. The molecule has 0 aliphatic heterocycles. The highest BCUT2D eigenvalue weighted by atomic mass is 16.6. The molecule has 0 heterocycles. The Balaban J connectivity index is 4.21. The van der Waals surface area contributed by atoms with Crippen molar-refractivity contribution >= 4 is 11.9 Å². The SMILES string of the molecule is CCCCC/C=C\C/C=C\CCCCCCCCCCCC(=O)OCC(COCCCCCCCCCCCCCC)OC(=O)CCCCCCCCCCC/C=C\C/C=C\CCCCC. The lowest BCUT2D eigenvalue weighted by Crippen LogP contribution is -2.30. The van der Waals surface area contributed by atoms with Crippen LogP contribution in [0, 0.1) is 0 Å². The first-order valence-corrected chi connectivity index (χ1v) is 29.2. The summed E-state index contributed by atoms with van der Waals surface area (Å²) in [5.41, 5.74) is 0. The summed E-state index contributed by atoms with van der Waals surface area (Å²) in [6.07, 6.45) is 71.2. The summed E-state index contributed by atoms with van der Waals surface area (Å²) in [6, 6.07) is 0. The second-order valence-electron chi connectivity index (χ2n) is 19.5. The van der Waals surface area contributed by atoms with E-state index in [1.807, 2.05) is 0 Å². The van der Waals surface area contributed by atoms with E-state index in [1.54, 1.807) is 0 Å². The third kappa shape index (κ3) is 54.5. The smallest absolute Gasteiger partial charge is 0.306 e. The topological polar surface area (TPSA) is 61.8 Å². The third-order valence-electron chi connectivity index (χ3n) is 12.8. The molecule has 66 heavy (non-hydrogen) atoms. The first kappa shape index (κ1) is 63.9. The van der Waals surface area contributed by atoms with Crippen LogP contribution in [0.5, 0.6) is 0 Å². The lowest BCUT2D eigenvalue weighted by Gasteiger charge is -2.18. The van der Waals surface area contributed by atoms with Gasteiger partial charge in [0.2, 0.25) is 0 Å². The van der Waals surface area contributed by atoms with E-state index in [-0.39, 0.29) is 25.2 Å². The van der Waals surface area contributed by atoms with Crippen molar-refractivity contribution in [2.24, 2.45) is 0 Å². The maximum Gasteiger partial charge on any atom is 0.306 e. The Labute approximate surface area is 412 Å². The number of esters is 2. The van der Waals surface area contributed by atoms with Gasteiger partial charge in [-0.2, -0.15) is 0 Å². The maximum atomic E-state index is 12.9. The minimum Gasteiger partial charge on any atom is -0.462 e. The molecule has 0 N–H and O–H groups in total. The van der Waals surface area contributed by atoms with Gasteiger partial charge in [-0.05, 0) is 83.5 Å². The van der Waals surface area contributed by atoms with Crippen molar-refractivity contribution < 1.29 is 23.8 Å². The predicted octanol–water partition coefficient (Wildman–Crippen LogP) is 19.9. The molecule has 0 fully saturated rings. The van der Waals surface area contributed by atoms with E-state index in [2.05, 4.69) is 69.4 Å². The van der Waals surface area contributed by atoms with Crippen molar-refractivity contribution in [3.05, 3.63) is 48.6 Å². The molecular formula is C61H112O5. The van der Waals surface area contributed by atoms with Gasteiger partial charge in [-0.1, -0.05) is 256 Å². The zero-order chi connectivity index (χ0) is 47.7. The Morgan fingerprint density at radius 1 is 0.333 bits per heavy atom. The minimum atomic E-state index is -0.537. The standard InChI is InChI=1S/C61H112O5/c1-4-7-10-13-16-19-22-25-27-29-31-33-35-37-39-42-45-48-51-54-60(62)65-58-59(57-64-56-53-50-47-44-41-24-21-18-15-12-9-6-3)66-61(63)55-52-49-46-43-40-38-36-34-32-30-28-26-23-20-17-14-11-8-5-2/h16-17,19-20,25-28,59H,4-15,18,21-24,29-58H2,1-3H3/b19-16-,20-17-,27-25-,28-26-. The fourth-order valence-corrected chi connectivity index (χ4v) is 8.45. The largest absolute Gasteiger partial charge is 0.462 e. The summed E-state index contributed by atoms with van der Waals surface area (Å²) >= 11 is 0. The van der Waals surface area contributed by atoms with Crippen LogP contribution in [-0.2, 0) is 23.8 Å². The highest BCUT2D eigenvalue weighted by molar-refractivity contribution is 5.70. The molecule has 0 aliphatic rings. The summed E-state index contributed by atoms with van der Waals surface area (Å²) in [6.45, 7) is 7.82. The van der Waals surface area contributed by atoms with Gasteiger partial charge < -0.3 is 14.2 Å². The number of carbonyl (C=O) groups is 2. The molecule has 0 aromatic carbocycles. The molecule has 386 valence electrons. The van der Waals surface area contributed by atoms with Gasteiger partial charge in [0.15, 0.2) is 6.10 Å². The van der Waals surface area contributed by atoms with Crippen LogP contribution in [0.15, 0.2) is 48.6 Å². The number of allylic oxidation sites excluding steroid dienone is 8. The van der Waals surface area contributed by atoms with Crippen molar-refractivity contribution in [3.63, 3.8) is 0 Å². The molecule has 0 spiro atoms. The van der Waals surface area contributed by atoms with E-state index >= 15 is 0 Å². The van der Waals surface area contributed by atoms with E-state index in [0.717, 1.165) is 44.9 Å². The van der Waals surface area contributed by atoms with Crippen LogP contribution in [0.3, 0.4) is 0 Å². The summed E-state index contributed by atoms with van der Waals surface area (Å²) < 4.78 is 17.5. The molecule has 0 rings (SSSR count). The fourth-order valence-electron chi connectivity index (χ4n) is 8.45. The Morgan fingerprint density at radius 2 is 0.636 bits per heavy atom. The molecule has 0 saturated heterocycles. The van der Waals surface area contributed by atoms with Crippen molar-refractivity contribution in [3.8, 4) is 0 Å². The number of unbranched alkanes of at least 4 members (excludes halogenated alkanes) is 35. The number of rotatable bonds is 54. The molecule has 5 nitrogen and oxygen atoms in total. The van der Waals surface area contributed by atoms with Crippen LogP contribution in [-0.4, -0.2) is 37.9 Å². The van der Waals surface area contributed by atoms with E-state index < -0.39 is 6.10 Å². The molecule has 0 aromatic rings. The summed E-state index contributed by atoms with van der Waals surface area (Å²) in [4.78, 5) is 25.5. The van der Waals surface area contributed by atoms with Crippen LogP contribution < -0.4 is 0 Å². The van der Waals surface area contributed by atoms with Crippen LogP contribution >= 0.6 is 0 Å². The van der Waals surface area contributed by atoms with Gasteiger partial charge in [-0.3, -0.25) is 9.59 Å². The van der Waals surface area contributed by atoms with Gasteiger partial charge >= 0.3 is 11.9 Å². The van der Waals surface area contributed by atoms with Crippen molar-refractivity contribution in [2.75, 3.05) is 19.8 Å². The average Bonchev–Trinajstić information content (AvgIpc) is 3.32. The molecule has 0 amide bonds. The normalized spacial score (nSPS) is 12.5. The Morgan fingerprint density at radius 3 is 1.03 bits per heavy atom. The molecule has 1 unspecified atom stereocenters. The Bertz CT molecular complexity index is 1090. The van der Waals surface area contributed by atoms with Gasteiger partial charge in [-0.15, -0.1) is 0 Å². The monoisotopic (exact) mass is 925 g/mol. The van der Waals surface area contributed by atoms with Gasteiger partial charge in [0, 0.05) is 19.4 Å². The highest BCUT2D eigenvalue weighted by Crippen LogP contribution is 2.16. The van der Waals surface area contributed by atoms with Gasteiger partial charge in [0.1, 0.15) is 6.61 Å². The van der Waals surface area contributed by atoms with Crippen LogP contribution in [0.1, 0.15) is 303 Å². The first-order valence-electron chi connectivity index (χ1n) is 29.2. The van der Waals surface area contributed by atoms with Crippen molar-refractivity contribution in [1.82, 2.24) is 0 Å². The maximum absolute atomic E-state index is 12.9. The number of carbonyl (C=O) groups excluding carboxylic acids is 2. The van der Waals surface area contributed by atoms with E-state index in [0.29, 0.717) is 19.4 Å². The summed E-state index contributed by atoms with van der Waals surface area (Å²) in [5, 5.41) is 0. The summed E-state index contributed by atoms with van der Waals surface area (Å²) in [7, 11) is 0. The predicted molar refractivity (Wildman–Crippen MR) is 288 cm³/mol. The van der Waals surface area contributed by atoms with Gasteiger partial charge in [-0.25, -0.2) is 0 Å². The van der Waals surface area contributed by atoms with E-state index in [9.17, 15) is 9.59 Å². The van der Waals surface area contributed by atoms with Crippen molar-refractivity contribution in [1.29, 1.82) is 0 Å². The molecule has 0 saturated carbocycles. The third-order valence-corrected chi connectivity index (χ3v) is 12.8. The molecule has 1 atom stereocenters.